The molecule has 0 aliphatic heterocycles. The largest absolute Gasteiger partial charge is 0.348 e. The van der Waals surface area contributed by atoms with Crippen LogP contribution in [0.4, 0.5) is 0 Å². The average Bonchev–Trinajstić information content (AvgIpc) is 2.25. The maximum absolute atomic E-state index is 11.1. The van der Waals surface area contributed by atoms with Crippen LogP contribution < -0.4 is 10.6 Å². The van der Waals surface area contributed by atoms with Crippen LogP contribution in [0.1, 0.15) is 32.1 Å². The van der Waals surface area contributed by atoms with Gasteiger partial charge in [0.15, 0.2) is 0 Å². The molecule has 2 N–H and O–H groups in total. The highest BCUT2D eigenvalue weighted by Crippen LogP contribution is 2.16. The molecular formula is C10H18N2O2. The number of nitrogens with one attached hydrogen (secondary N) is 2. The quantitative estimate of drug-likeness (QED) is 0.621. The Hall–Kier alpha value is -0.900. The Bertz CT molecular complexity index is 189. The highest BCUT2D eigenvalue weighted by molar-refractivity contribution is 5.80. The number of rotatable bonds is 5. The van der Waals surface area contributed by atoms with Gasteiger partial charge in [0.05, 0.1) is 13.1 Å². The summed E-state index contributed by atoms with van der Waals surface area (Å²) in [6, 6.07) is 0.491. The van der Waals surface area contributed by atoms with Crippen molar-refractivity contribution in [1.29, 1.82) is 0 Å². The summed E-state index contributed by atoms with van der Waals surface area (Å²) >= 11 is 0. The van der Waals surface area contributed by atoms with Gasteiger partial charge in [0.2, 0.25) is 5.91 Å². The SMILES string of the molecule is O=CCNC(=O)CNC1CCCCC1. The standard InChI is InChI=1S/C10H18N2O2/c13-7-6-11-10(14)8-12-9-4-2-1-3-5-9/h7,9,12H,1-6,8H2,(H,11,14). The molecule has 80 valence electrons. The number of amides is 1. The molecule has 0 bridgehead atoms. The molecule has 0 spiro atoms. The van der Waals surface area contributed by atoms with Crippen LogP contribution in [0.25, 0.3) is 0 Å². The summed E-state index contributed by atoms with van der Waals surface area (Å²) in [6.45, 7) is 0.448. The van der Waals surface area contributed by atoms with E-state index in [0.29, 0.717) is 18.9 Å². The van der Waals surface area contributed by atoms with Gasteiger partial charge in [-0.15, -0.1) is 0 Å². The Kier molecular flexibility index (Phi) is 5.22. The number of carbonyl (C=O) groups excluding carboxylic acids is 2. The van der Waals surface area contributed by atoms with Gasteiger partial charge in [-0.25, -0.2) is 0 Å². The lowest BCUT2D eigenvalue weighted by Gasteiger charge is -2.22. The first-order valence-electron chi connectivity index (χ1n) is 5.26. The van der Waals surface area contributed by atoms with E-state index in [1.165, 1.54) is 32.1 Å². The molecule has 0 aromatic heterocycles. The molecule has 0 aromatic carbocycles. The first-order valence-corrected chi connectivity index (χ1v) is 5.26. The van der Waals surface area contributed by atoms with Gasteiger partial charge in [-0.2, -0.15) is 0 Å². The van der Waals surface area contributed by atoms with Crippen LogP contribution in [0.2, 0.25) is 0 Å². The Morgan fingerprint density at radius 2 is 2.00 bits per heavy atom. The fourth-order valence-corrected chi connectivity index (χ4v) is 1.76. The molecule has 0 atom stereocenters. The Morgan fingerprint density at radius 3 is 2.64 bits per heavy atom. The normalized spacial score (nSPS) is 17.7. The highest BCUT2D eigenvalue weighted by Gasteiger charge is 2.13. The van der Waals surface area contributed by atoms with Crippen molar-refractivity contribution in [2.45, 2.75) is 38.1 Å². The lowest BCUT2D eigenvalue weighted by Crippen LogP contribution is -2.40. The number of hydrogen-bond acceptors (Lipinski definition) is 3. The Balaban J connectivity index is 2.06. The Morgan fingerprint density at radius 1 is 1.29 bits per heavy atom. The molecule has 1 fully saturated rings. The summed E-state index contributed by atoms with van der Waals surface area (Å²) in [5.74, 6) is -0.0947. The monoisotopic (exact) mass is 198 g/mol. The zero-order chi connectivity index (χ0) is 10.2. The number of hydrogen-bond donors (Lipinski definition) is 2. The molecule has 0 saturated heterocycles. The van der Waals surface area contributed by atoms with Crippen LogP contribution in [0, 0.1) is 0 Å². The van der Waals surface area contributed by atoms with Gasteiger partial charge in [0.1, 0.15) is 6.29 Å². The lowest BCUT2D eigenvalue weighted by molar-refractivity contribution is -0.121. The second kappa shape index (κ2) is 6.54. The van der Waals surface area contributed by atoms with Gasteiger partial charge in [0.25, 0.3) is 0 Å². The van der Waals surface area contributed by atoms with Crippen molar-refractivity contribution < 1.29 is 9.59 Å². The molecule has 4 heteroatoms. The van der Waals surface area contributed by atoms with Crippen molar-refractivity contribution in [3.05, 3.63) is 0 Å². The van der Waals surface area contributed by atoms with Crippen molar-refractivity contribution in [2.24, 2.45) is 0 Å². The molecular weight excluding hydrogens is 180 g/mol. The minimum absolute atomic E-state index is 0.0947. The van der Waals surface area contributed by atoms with Crippen LogP contribution in [0.5, 0.6) is 0 Å². The summed E-state index contributed by atoms with van der Waals surface area (Å²) in [5.41, 5.74) is 0. The first kappa shape index (κ1) is 11.2. The van der Waals surface area contributed by atoms with E-state index in [0.717, 1.165) is 0 Å². The van der Waals surface area contributed by atoms with E-state index in [9.17, 15) is 9.59 Å². The number of carbonyl (C=O) groups is 2. The summed E-state index contributed by atoms with van der Waals surface area (Å²) in [7, 11) is 0. The Labute approximate surface area is 84.4 Å². The van der Waals surface area contributed by atoms with Gasteiger partial charge in [-0.1, -0.05) is 19.3 Å². The summed E-state index contributed by atoms with van der Waals surface area (Å²) in [5, 5.41) is 5.70. The van der Waals surface area contributed by atoms with E-state index >= 15 is 0 Å². The predicted molar refractivity (Wildman–Crippen MR) is 53.9 cm³/mol. The molecule has 1 saturated carbocycles. The van der Waals surface area contributed by atoms with Crippen LogP contribution in [-0.4, -0.2) is 31.3 Å². The summed E-state index contributed by atoms with van der Waals surface area (Å²) in [6.07, 6.45) is 6.86. The highest BCUT2D eigenvalue weighted by atomic mass is 16.2. The van der Waals surface area contributed by atoms with Crippen LogP contribution >= 0.6 is 0 Å². The zero-order valence-electron chi connectivity index (χ0n) is 8.42. The molecule has 1 aliphatic carbocycles. The number of aldehydes is 1. The van der Waals surface area contributed by atoms with E-state index in [1.54, 1.807) is 0 Å². The van der Waals surface area contributed by atoms with Gasteiger partial charge >= 0.3 is 0 Å². The molecule has 1 rings (SSSR count). The van der Waals surface area contributed by atoms with E-state index < -0.39 is 0 Å². The van der Waals surface area contributed by atoms with Crippen molar-refractivity contribution in [3.63, 3.8) is 0 Å². The van der Waals surface area contributed by atoms with Crippen molar-refractivity contribution in [2.75, 3.05) is 13.1 Å². The molecule has 14 heavy (non-hydrogen) atoms. The van der Waals surface area contributed by atoms with E-state index in [4.69, 9.17) is 0 Å². The second-order valence-electron chi connectivity index (χ2n) is 3.69. The molecule has 0 unspecified atom stereocenters. The minimum Gasteiger partial charge on any atom is -0.348 e. The topological polar surface area (TPSA) is 58.2 Å². The summed E-state index contributed by atoms with van der Waals surface area (Å²) < 4.78 is 0. The fourth-order valence-electron chi connectivity index (χ4n) is 1.76. The van der Waals surface area contributed by atoms with Gasteiger partial charge in [0, 0.05) is 6.04 Å². The van der Waals surface area contributed by atoms with Crippen molar-refractivity contribution >= 4 is 12.2 Å². The third-order valence-electron chi connectivity index (χ3n) is 2.54. The van der Waals surface area contributed by atoms with Gasteiger partial charge in [-0.05, 0) is 12.8 Å². The fraction of sp³-hybridized carbons (Fsp3) is 0.800. The molecule has 0 aromatic rings. The second-order valence-corrected chi connectivity index (χ2v) is 3.69. The van der Waals surface area contributed by atoms with Gasteiger partial charge in [-0.3, -0.25) is 4.79 Å². The molecule has 1 amide bonds. The minimum atomic E-state index is -0.0947. The van der Waals surface area contributed by atoms with E-state index in [-0.39, 0.29) is 12.5 Å². The summed E-state index contributed by atoms with van der Waals surface area (Å²) in [4.78, 5) is 21.1. The van der Waals surface area contributed by atoms with E-state index in [2.05, 4.69) is 10.6 Å². The third-order valence-corrected chi connectivity index (χ3v) is 2.54. The maximum Gasteiger partial charge on any atom is 0.234 e. The average molecular weight is 198 g/mol. The first-order chi connectivity index (χ1) is 6.83. The molecule has 4 nitrogen and oxygen atoms in total. The molecule has 0 radical (unpaired) electrons. The van der Waals surface area contributed by atoms with Crippen molar-refractivity contribution in [3.8, 4) is 0 Å². The van der Waals surface area contributed by atoms with Crippen LogP contribution in [0.15, 0.2) is 0 Å². The zero-order valence-corrected chi connectivity index (χ0v) is 8.42. The smallest absolute Gasteiger partial charge is 0.234 e. The van der Waals surface area contributed by atoms with Crippen molar-refractivity contribution in [1.82, 2.24) is 10.6 Å². The predicted octanol–water partition coefficient (Wildman–Crippen LogP) is 0.224. The third kappa shape index (κ3) is 4.37. The molecule has 0 heterocycles. The van der Waals surface area contributed by atoms with Crippen LogP contribution in [-0.2, 0) is 9.59 Å². The van der Waals surface area contributed by atoms with Crippen LogP contribution in [0.3, 0.4) is 0 Å². The van der Waals surface area contributed by atoms with Gasteiger partial charge < -0.3 is 15.4 Å². The van der Waals surface area contributed by atoms with E-state index in [1.807, 2.05) is 0 Å². The lowest BCUT2D eigenvalue weighted by atomic mass is 9.95. The molecule has 1 aliphatic rings. The maximum atomic E-state index is 11.1.